The molecule has 1 aromatic carbocycles. The molecular weight excluding hydrogens is 380 g/mol. The van der Waals surface area contributed by atoms with E-state index in [4.69, 9.17) is 0 Å². The van der Waals surface area contributed by atoms with Crippen molar-refractivity contribution in [1.82, 2.24) is 15.4 Å². The van der Waals surface area contributed by atoms with Crippen molar-refractivity contribution in [2.24, 2.45) is 4.99 Å². The number of sulfonamides is 1. The van der Waals surface area contributed by atoms with Gasteiger partial charge in [-0.15, -0.1) is 11.3 Å². The molecule has 0 unspecified atom stereocenters. The van der Waals surface area contributed by atoms with Crippen LogP contribution >= 0.6 is 11.3 Å². The Labute approximate surface area is 166 Å². The molecule has 6 nitrogen and oxygen atoms in total. The molecular formula is C19H28N4O2S2. The van der Waals surface area contributed by atoms with Crippen LogP contribution in [0.2, 0.25) is 0 Å². The first-order chi connectivity index (χ1) is 12.9. The lowest BCUT2D eigenvalue weighted by Crippen LogP contribution is -2.38. The number of rotatable bonds is 9. The molecule has 8 heteroatoms. The number of hydrogen-bond donors (Lipinski definition) is 3. The van der Waals surface area contributed by atoms with Crippen molar-refractivity contribution in [1.29, 1.82) is 0 Å². The van der Waals surface area contributed by atoms with Crippen molar-refractivity contribution < 1.29 is 8.42 Å². The van der Waals surface area contributed by atoms with Crippen molar-refractivity contribution in [2.45, 2.75) is 38.6 Å². The van der Waals surface area contributed by atoms with Gasteiger partial charge in [-0.1, -0.05) is 30.3 Å². The van der Waals surface area contributed by atoms with E-state index in [9.17, 15) is 8.42 Å². The molecule has 0 aliphatic heterocycles. The first-order valence-electron chi connectivity index (χ1n) is 8.93. The zero-order valence-corrected chi connectivity index (χ0v) is 17.7. The minimum absolute atomic E-state index is 0.0343. The number of nitrogens with one attached hydrogen (secondary N) is 3. The lowest BCUT2D eigenvalue weighted by atomic mass is 10.1. The van der Waals surface area contributed by atoms with Crippen molar-refractivity contribution >= 4 is 27.3 Å². The summed E-state index contributed by atoms with van der Waals surface area (Å²) >= 11 is 1.74. The summed E-state index contributed by atoms with van der Waals surface area (Å²) < 4.78 is 27.1. The normalized spacial score (nSPS) is 12.4. The molecule has 2 aromatic rings. The van der Waals surface area contributed by atoms with Gasteiger partial charge >= 0.3 is 0 Å². The van der Waals surface area contributed by atoms with Crippen LogP contribution in [-0.4, -0.2) is 34.0 Å². The average molecular weight is 409 g/mol. The Morgan fingerprint density at radius 3 is 2.48 bits per heavy atom. The molecule has 0 aliphatic carbocycles. The highest BCUT2D eigenvalue weighted by Gasteiger charge is 2.15. The Hall–Kier alpha value is -1.90. The summed E-state index contributed by atoms with van der Waals surface area (Å²) in [6.45, 7) is 4.92. The number of guanidine groups is 1. The minimum Gasteiger partial charge on any atom is -0.356 e. The number of nitrogens with zero attached hydrogens (tertiary/aromatic N) is 1. The van der Waals surface area contributed by atoms with Crippen LogP contribution in [0, 0.1) is 0 Å². The Morgan fingerprint density at radius 1 is 1.11 bits per heavy atom. The van der Waals surface area contributed by atoms with Crippen LogP contribution in [0.3, 0.4) is 0 Å². The monoisotopic (exact) mass is 408 g/mol. The van der Waals surface area contributed by atoms with Crippen LogP contribution in [-0.2, 0) is 28.7 Å². The first kappa shape index (κ1) is 21.4. The largest absolute Gasteiger partial charge is 0.356 e. The first-order valence-corrected chi connectivity index (χ1v) is 11.5. The predicted molar refractivity (Wildman–Crippen MR) is 114 cm³/mol. The highest BCUT2D eigenvalue weighted by atomic mass is 32.2. The quantitative estimate of drug-likeness (QED) is 0.440. The summed E-state index contributed by atoms with van der Waals surface area (Å²) in [5, 5.41) is 8.62. The van der Waals surface area contributed by atoms with Gasteiger partial charge in [-0.3, -0.25) is 4.99 Å². The van der Waals surface area contributed by atoms with Crippen molar-refractivity contribution in [3.63, 3.8) is 0 Å². The summed E-state index contributed by atoms with van der Waals surface area (Å²) in [5.41, 5.74) is 1.72. The predicted octanol–water partition coefficient (Wildman–Crippen LogP) is 2.48. The third kappa shape index (κ3) is 7.70. The molecule has 0 radical (unpaired) electrons. The molecule has 0 bridgehead atoms. The molecule has 3 N–H and O–H groups in total. The fourth-order valence-electron chi connectivity index (χ4n) is 2.63. The van der Waals surface area contributed by atoms with Crippen LogP contribution < -0.4 is 15.4 Å². The Bertz CT molecular complexity index is 831. The minimum atomic E-state index is -3.36. The lowest BCUT2D eigenvalue weighted by Gasteiger charge is -2.15. The van der Waals surface area contributed by atoms with Crippen molar-refractivity contribution in [3.05, 3.63) is 57.8 Å². The van der Waals surface area contributed by atoms with Crippen LogP contribution in [0.25, 0.3) is 0 Å². The van der Waals surface area contributed by atoms with Gasteiger partial charge in [0.1, 0.15) is 0 Å². The van der Waals surface area contributed by atoms with Gasteiger partial charge in [0.15, 0.2) is 5.96 Å². The topological polar surface area (TPSA) is 82.6 Å². The van der Waals surface area contributed by atoms with Crippen molar-refractivity contribution in [2.75, 3.05) is 13.6 Å². The van der Waals surface area contributed by atoms with Gasteiger partial charge < -0.3 is 10.6 Å². The fourth-order valence-corrected chi connectivity index (χ4v) is 4.84. The molecule has 1 aromatic heterocycles. The Kier molecular flexibility index (Phi) is 8.27. The van der Waals surface area contributed by atoms with Gasteiger partial charge in [-0.25, -0.2) is 13.1 Å². The molecule has 27 heavy (non-hydrogen) atoms. The third-order valence-corrected chi connectivity index (χ3v) is 6.25. The molecule has 0 atom stereocenters. The second-order valence-corrected chi connectivity index (χ2v) is 9.27. The van der Waals surface area contributed by atoms with Crippen LogP contribution in [0.4, 0.5) is 0 Å². The van der Waals surface area contributed by atoms with Crippen LogP contribution in [0.1, 0.15) is 29.9 Å². The molecule has 2 rings (SSSR count). The lowest BCUT2D eigenvalue weighted by molar-refractivity contribution is 0.568. The van der Waals surface area contributed by atoms with Gasteiger partial charge in [-0.05, 0) is 42.8 Å². The smallest absolute Gasteiger partial charge is 0.216 e. The van der Waals surface area contributed by atoms with E-state index in [-0.39, 0.29) is 11.8 Å². The van der Waals surface area contributed by atoms with E-state index >= 15 is 0 Å². The van der Waals surface area contributed by atoms with Crippen LogP contribution in [0.5, 0.6) is 0 Å². The summed E-state index contributed by atoms with van der Waals surface area (Å²) in [6.07, 6.45) is 0.939. The Balaban J connectivity index is 1.92. The number of benzene rings is 1. The molecule has 148 valence electrons. The summed E-state index contributed by atoms with van der Waals surface area (Å²) in [4.78, 5) is 5.56. The number of thiophene rings is 1. The highest BCUT2D eigenvalue weighted by Crippen LogP contribution is 2.12. The van der Waals surface area contributed by atoms with Crippen LogP contribution in [0.15, 0.2) is 46.8 Å². The standard InChI is InChI=1S/C19H28N4O2S2/c1-15(2)23-27(24,25)14-17-8-5-4-7-16(17)13-22-19(20-3)21-11-10-18-9-6-12-26-18/h4-9,12,15,23H,10-11,13-14H2,1-3H3,(H2,20,21,22). The molecule has 0 saturated carbocycles. The van der Waals surface area contributed by atoms with E-state index in [1.165, 1.54) is 4.88 Å². The summed E-state index contributed by atoms with van der Waals surface area (Å²) in [7, 11) is -1.64. The van der Waals surface area contributed by atoms with Gasteiger partial charge in [0.25, 0.3) is 0 Å². The zero-order chi connectivity index (χ0) is 19.7. The molecule has 0 saturated heterocycles. The van der Waals surface area contributed by atoms with E-state index in [0.717, 1.165) is 24.1 Å². The SMILES string of the molecule is CN=C(NCCc1cccs1)NCc1ccccc1CS(=O)(=O)NC(C)C. The summed E-state index contributed by atoms with van der Waals surface area (Å²) in [6, 6.07) is 11.6. The summed E-state index contributed by atoms with van der Waals surface area (Å²) in [5.74, 6) is 0.664. The van der Waals surface area contributed by atoms with Gasteiger partial charge in [-0.2, -0.15) is 0 Å². The zero-order valence-electron chi connectivity index (χ0n) is 16.0. The maximum absolute atomic E-state index is 12.2. The third-order valence-electron chi connectivity index (χ3n) is 3.79. The fraction of sp³-hybridized carbons (Fsp3) is 0.421. The van der Waals surface area contributed by atoms with E-state index in [1.807, 2.05) is 44.2 Å². The second-order valence-electron chi connectivity index (χ2n) is 6.48. The molecule has 0 spiro atoms. The molecule has 1 heterocycles. The maximum atomic E-state index is 12.2. The van der Waals surface area contributed by atoms with Crippen molar-refractivity contribution in [3.8, 4) is 0 Å². The Morgan fingerprint density at radius 2 is 1.85 bits per heavy atom. The van der Waals surface area contributed by atoms with E-state index in [0.29, 0.717) is 12.5 Å². The maximum Gasteiger partial charge on any atom is 0.216 e. The van der Waals surface area contributed by atoms with Gasteiger partial charge in [0, 0.05) is 31.1 Å². The average Bonchev–Trinajstić information content (AvgIpc) is 3.11. The molecule has 0 aliphatic rings. The van der Waals surface area contributed by atoms with Gasteiger partial charge in [0.2, 0.25) is 10.0 Å². The highest BCUT2D eigenvalue weighted by molar-refractivity contribution is 7.88. The van der Waals surface area contributed by atoms with E-state index in [1.54, 1.807) is 18.4 Å². The second kappa shape index (κ2) is 10.4. The number of hydrogen-bond acceptors (Lipinski definition) is 4. The number of aliphatic imine (C=N–C) groups is 1. The van der Waals surface area contributed by atoms with E-state index < -0.39 is 10.0 Å². The molecule has 0 amide bonds. The van der Waals surface area contributed by atoms with Gasteiger partial charge in [0.05, 0.1) is 5.75 Å². The molecule has 0 fully saturated rings. The van der Waals surface area contributed by atoms with E-state index in [2.05, 4.69) is 31.8 Å².